The van der Waals surface area contributed by atoms with Gasteiger partial charge in [-0.2, -0.15) is 0 Å². The molecule has 5 atom stereocenters. The van der Waals surface area contributed by atoms with Gasteiger partial charge >= 0.3 is 5.97 Å². The van der Waals surface area contributed by atoms with E-state index < -0.39 is 30.1 Å². The zero-order chi connectivity index (χ0) is 17.8. The molecular weight excluding hydrogens is 328 g/mol. The van der Waals surface area contributed by atoms with Crippen LogP contribution in [0.5, 0.6) is 0 Å². The quantitative estimate of drug-likeness (QED) is 0.717. The SMILES string of the molecule is CC1(C)OC2OC(COC(=O)C3=CC=CC3)C3OC(C)(C)OC3C2O1. The van der Waals surface area contributed by atoms with E-state index in [-0.39, 0.29) is 24.8 Å². The molecule has 3 fully saturated rings. The van der Waals surface area contributed by atoms with Crippen molar-refractivity contribution in [1.82, 2.24) is 0 Å². The molecule has 0 aromatic heterocycles. The summed E-state index contributed by atoms with van der Waals surface area (Å²) in [5, 5.41) is 0. The minimum atomic E-state index is -0.762. The summed E-state index contributed by atoms with van der Waals surface area (Å²) in [6, 6.07) is 0. The lowest BCUT2D eigenvalue weighted by Gasteiger charge is -2.36. The van der Waals surface area contributed by atoms with E-state index in [1.807, 2.05) is 39.8 Å². The van der Waals surface area contributed by atoms with Crippen molar-refractivity contribution in [3.8, 4) is 0 Å². The predicted molar refractivity (Wildman–Crippen MR) is 85.3 cm³/mol. The topological polar surface area (TPSA) is 72.5 Å². The molecule has 3 aliphatic heterocycles. The van der Waals surface area contributed by atoms with Gasteiger partial charge in [0, 0.05) is 5.57 Å². The van der Waals surface area contributed by atoms with Crippen LogP contribution in [0, 0.1) is 0 Å². The van der Waals surface area contributed by atoms with Crippen LogP contribution in [-0.2, 0) is 33.2 Å². The summed E-state index contributed by atoms with van der Waals surface area (Å²) in [5.41, 5.74) is 0.635. The molecule has 0 aromatic rings. The molecular formula is C18H24O7. The average molecular weight is 352 g/mol. The number of allylic oxidation sites excluding steroid dienone is 3. The molecule has 4 rings (SSSR count). The zero-order valence-corrected chi connectivity index (χ0v) is 14.9. The molecule has 0 aromatic carbocycles. The smallest absolute Gasteiger partial charge is 0.334 e. The molecule has 5 unspecified atom stereocenters. The lowest BCUT2D eigenvalue weighted by molar-refractivity contribution is -0.242. The van der Waals surface area contributed by atoms with Crippen LogP contribution in [0.25, 0.3) is 0 Å². The summed E-state index contributed by atoms with van der Waals surface area (Å²) in [6.07, 6.45) is 3.94. The molecule has 0 amide bonds. The van der Waals surface area contributed by atoms with Crippen LogP contribution in [0.15, 0.2) is 23.8 Å². The van der Waals surface area contributed by atoms with Gasteiger partial charge in [-0.05, 0) is 34.1 Å². The van der Waals surface area contributed by atoms with E-state index in [9.17, 15) is 4.79 Å². The first-order chi connectivity index (χ1) is 11.7. The van der Waals surface area contributed by atoms with Crippen molar-refractivity contribution in [3.05, 3.63) is 23.8 Å². The molecule has 1 aliphatic carbocycles. The maximum Gasteiger partial charge on any atom is 0.334 e. The summed E-state index contributed by atoms with van der Waals surface area (Å²) in [7, 11) is 0. The van der Waals surface area contributed by atoms with Crippen molar-refractivity contribution in [2.24, 2.45) is 0 Å². The van der Waals surface area contributed by atoms with Gasteiger partial charge in [-0.1, -0.05) is 18.2 Å². The molecule has 0 saturated carbocycles. The Kier molecular flexibility index (Phi) is 4.05. The molecule has 3 heterocycles. The Morgan fingerprint density at radius 2 is 1.76 bits per heavy atom. The van der Waals surface area contributed by atoms with Gasteiger partial charge in [0.15, 0.2) is 17.9 Å². The predicted octanol–water partition coefficient (Wildman–Crippen LogP) is 1.81. The number of carbonyl (C=O) groups excluding carboxylic acids is 1. The highest BCUT2D eigenvalue weighted by atomic mass is 16.9. The van der Waals surface area contributed by atoms with E-state index in [4.69, 9.17) is 28.4 Å². The van der Waals surface area contributed by atoms with Crippen molar-refractivity contribution in [3.63, 3.8) is 0 Å². The Morgan fingerprint density at radius 3 is 2.48 bits per heavy atom. The van der Waals surface area contributed by atoms with Crippen molar-refractivity contribution < 1.29 is 33.2 Å². The fourth-order valence-electron chi connectivity index (χ4n) is 3.68. The number of carbonyl (C=O) groups is 1. The molecule has 0 N–H and O–H groups in total. The highest BCUT2D eigenvalue weighted by Gasteiger charge is 2.60. The Labute approximate surface area is 146 Å². The third-order valence-electron chi connectivity index (χ3n) is 4.66. The number of esters is 1. The second kappa shape index (κ2) is 5.89. The number of ether oxygens (including phenoxy) is 6. The number of rotatable bonds is 3. The van der Waals surface area contributed by atoms with Gasteiger partial charge in [0.1, 0.15) is 31.0 Å². The molecule has 138 valence electrons. The molecule has 0 radical (unpaired) electrons. The first-order valence-corrected chi connectivity index (χ1v) is 8.64. The van der Waals surface area contributed by atoms with Crippen LogP contribution in [0.4, 0.5) is 0 Å². The van der Waals surface area contributed by atoms with Crippen LogP contribution in [-0.4, -0.2) is 54.9 Å². The molecule has 25 heavy (non-hydrogen) atoms. The lowest BCUT2D eigenvalue weighted by atomic mass is 9.99. The molecule has 7 nitrogen and oxygen atoms in total. The van der Waals surface area contributed by atoms with E-state index in [2.05, 4.69) is 0 Å². The molecule has 4 aliphatic rings. The second-order valence-electron chi connectivity index (χ2n) is 7.63. The summed E-state index contributed by atoms with van der Waals surface area (Å²) >= 11 is 0. The van der Waals surface area contributed by atoms with E-state index in [0.29, 0.717) is 12.0 Å². The third-order valence-corrected chi connectivity index (χ3v) is 4.66. The van der Waals surface area contributed by atoms with Crippen LogP contribution < -0.4 is 0 Å². The maximum atomic E-state index is 12.1. The van der Waals surface area contributed by atoms with Gasteiger partial charge in [-0.25, -0.2) is 4.79 Å². The Bertz CT molecular complexity index is 621. The summed E-state index contributed by atoms with van der Waals surface area (Å²) in [6.45, 7) is 7.43. The van der Waals surface area contributed by atoms with Crippen LogP contribution in [0.2, 0.25) is 0 Å². The Morgan fingerprint density at radius 1 is 1.08 bits per heavy atom. The van der Waals surface area contributed by atoms with Gasteiger partial charge in [0.25, 0.3) is 0 Å². The van der Waals surface area contributed by atoms with E-state index in [0.717, 1.165) is 0 Å². The highest BCUT2D eigenvalue weighted by molar-refractivity contribution is 5.89. The average Bonchev–Trinajstić information content (AvgIpc) is 3.19. The molecule has 7 heteroatoms. The van der Waals surface area contributed by atoms with Crippen molar-refractivity contribution in [2.75, 3.05) is 6.61 Å². The van der Waals surface area contributed by atoms with Crippen LogP contribution in [0.1, 0.15) is 34.1 Å². The molecule has 0 bridgehead atoms. The fourth-order valence-corrected chi connectivity index (χ4v) is 3.68. The van der Waals surface area contributed by atoms with Crippen molar-refractivity contribution >= 4 is 5.97 Å². The maximum absolute atomic E-state index is 12.1. The van der Waals surface area contributed by atoms with Gasteiger partial charge in [0.2, 0.25) is 0 Å². The Hall–Kier alpha value is -1.25. The Balaban J connectivity index is 1.47. The normalized spacial score (nSPS) is 40.5. The summed E-state index contributed by atoms with van der Waals surface area (Å²) in [5.74, 6) is -1.86. The van der Waals surface area contributed by atoms with Crippen LogP contribution >= 0.6 is 0 Å². The van der Waals surface area contributed by atoms with Crippen molar-refractivity contribution in [2.45, 2.75) is 76.4 Å². The minimum absolute atomic E-state index is 0.0732. The zero-order valence-electron chi connectivity index (χ0n) is 14.9. The van der Waals surface area contributed by atoms with Gasteiger partial charge in [-0.3, -0.25) is 0 Å². The van der Waals surface area contributed by atoms with Gasteiger partial charge < -0.3 is 28.4 Å². The fraction of sp³-hybridized carbons (Fsp3) is 0.722. The standard InChI is InChI=1S/C18H24O7/c1-17(2)22-12-11(9-20-15(19)10-7-5-6-8-10)21-16-14(13(12)23-17)24-18(3,4)25-16/h5-7,11-14,16H,8-9H2,1-4H3. The lowest BCUT2D eigenvalue weighted by Crippen LogP contribution is -2.56. The number of hydrogen-bond acceptors (Lipinski definition) is 7. The van der Waals surface area contributed by atoms with E-state index in [1.54, 1.807) is 6.08 Å². The second-order valence-corrected chi connectivity index (χ2v) is 7.63. The molecule has 3 saturated heterocycles. The van der Waals surface area contributed by atoms with E-state index in [1.165, 1.54) is 0 Å². The van der Waals surface area contributed by atoms with Crippen molar-refractivity contribution in [1.29, 1.82) is 0 Å². The highest BCUT2D eigenvalue weighted by Crippen LogP contribution is 2.44. The molecule has 0 spiro atoms. The summed E-state index contributed by atoms with van der Waals surface area (Å²) in [4.78, 5) is 12.1. The first-order valence-electron chi connectivity index (χ1n) is 8.64. The number of fused-ring (bicyclic) bond motifs is 3. The van der Waals surface area contributed by atoms with Gasteiger partial charge in [-0.15, -0.1) is 0 Å². The first kappa shape index (κ1) is 17.2. The van der Waals surface area contributed by atoms with Crippen LogP contribution in [0.3, 0.4) is 0 Å². The largest absolute Gasteiger partial charge is 0.459 e. The minimum Gasteiger partial charge on any atom is -0.459 e. The van der Waals surface area contributed by atoms with Gasteiger partial charge in [0.05, 0.1) is 0 Å². The number of hydrogen-bond donors (Lipinski definition) is 0. The summed E-state index contributed by atoms with van der Waals surface area (Å²) < 4.78 is 35.2. The monoisotopic (exact) mass is 352 g/mol. The van der Waals surface area contributed by atoms with E-state index >= 15 is 0 Å². The third kappa shape index (κ3) is 3.27.